The molecule has 0 fully saturated rings. The fourth-order valence-electron chi connectivity index (χ4n) is 2.32. The van der Waals surface area contributed by atoms with Crippen molar-refractivity contribution < 1.29 is 9.84 Å². The maximum Gasteiger partial charge on any atom is 0.174 e. The Morgan fingerprint density at radius 3 is 3.18 bits per heavy atom. The number of methoxy groups -OCH3 is 1. The van der Waals surface area contributed by atoms with Gasteiger partial charge in [0.2, 0.25) is 0 Å². The monoisotopic (exact) mass is 250 g/mol. The van der Waals surface area contributed by atoms with Gasteiger partial charge in [-0.2, -0.15) is 5.10 Å². The number of thiophene rings is 1. The average molecular weight is 250 g/mol. The van der Waals surface area contributed by atoms with Crippen LogP contribution in [0.25, 0.3) is 11.3 Å². The maximum atomic E-state index is 9.06. The fraction of sp³-hybridized carbons (Fsp3) is 0.417. The van der Waals surface area contributed by atoms with Crippen molar-refractivity contribution in [3.05, 3.63) is 22.7 Å². The molecule has 3 rings (SSSR count). The number of rotatable bonds is 3. The zero-order valence-electron chi connectivity index (χ0n) is 9.64. The third kappa shape index (κ3) is 1.66. The molecule has 0 saturated heterocycles. The van der Waals surface area contributed by atoms with Crippen LogP contribution in [0, 0.1) is 0 Å². The van der Waals surface area contributed by atoms with Gasteiger partial charge in [-0.25, -0.2) is 0 Å². The van der Waals surface area contributed by atoms with Crippen LogP contribution >= 0.6 is 11.3 Å². The SMILES string of the molecule is COc1cc2c(s1)CCc1cnn(CCO)c1-2. The second-order valence-corrected chi connectivity index (χ2v) is 5.17. The summed E-state index contributed by atoms with van der Waals surface area (Å²) in [7, 11) is 1.70. The van der Waals surface area contributed by atoms with Crippen molar-refractivity contribution in [1.29, 1.82) is 0 Å². The Kier molecular flexibility index (Phi) is 2.64. The van der Waals surface area contributed by atoms with Crippen molar-refractivity contribution in [2.24, 2.45) is 0 Å². The molecule has 2 aromatic heterocycles. The van der Waals surface area contributed by atoms with E-state index in [2.05, 4.69) is 11.2 Å². The van der Waals surface area contributed by atoms with Crippen LogP contribution in [-0.4, -0.2) is 28.6 Å². The van der Waals surface area contributed by atoms with Crippen LogP contribution in [-0.2, 0) is 19.4 Å². The van der Waals surface area contributed by atoms with Crippen LogP contribution in [0.3, 0.4) is 0 Å². The predicted molar refractivity (Wildman–Crippen MR) is 66.6 cm³/mol. The molecule has 2 aromatic rings. The van der Waals surface area contributed by atoms with Gasteiger partial charge in [-0.05, 0) is 18.4 Å². The number of hydrogen-bond acceptors (Lipinski definition) is 4. The Labute approximate surface area is 103 Å². The molecule has 1 N–H and O–H groups in total. The van der Waals surface area contributed by atoms with Crippen LogP contribution in [0.1, 0.15) is 10.4 Å². The van der Waals surface area contributed by atoms with E-state index in [1.807, 2.05) is 10.9 Å². The van der Waals surface area contributed by atoms with Crippen molar-refractivity contribution in [3.8, 4) is 16.3 Å². The van der Waals surface area contributed by atoms with E-state index in [0.29, 0.717) is 6.54 Å². The van der Waals surface area contributed by atoms with Crippen molar-refractivity contribution in [1.82, 2.24) is 9.78 Å². The normalized spacial score (nSPS) is 13.3. The first kappa shape index (κ1) is 10.8. The van der Waals surface area contributed by atoms with Gasteiger partial charge in [0.25, 0.3) is 0 Å². The zero-order valence-corrected chi connectivity index (χ0v) is 10.5. The number of aryl methyl sites for hydroxylation is 2. The van der Waals surface area contributed by atoms with E-state index in [1.165, 1.54) is 16.0 Å². The van der Waals surface area contributed by atoms with E-state index in [0.717, 1.165) is 23.6 Å². The first-order chi connectivity index (χ1) is 8.33. The highest BCUT2D eigenvalue weighted by Crippen LogP contribution is 2.41. The molecule has 1 aliphatic rings. The highest BCUT2D eigenvalue weighted by atomic mass is 32.1. The summed E-state index contributed by atoms with van der Waals surface area (Å²) < 4.78 is 7.19. The van der Waals surface area contributed by atoms with Gasteiger partial charge in [0, 0.05) is 16.5 Å². The summed E-state index contributed by atoms with van der Waals surface area (Å²) >= 11 is 1.70. The minimum atomic E-state index is 0.116. The topological polar surface area (TPSA) is 47.3 Å². The number of aromatic nitrogens is 2. The molecule has 0 bridgehead atoms. The largest absolute Gasteiger partial charge is 0.487 e. The van der Waals surface area contributed by atoms with Crippen LogP contribution < -0.4 is 4.74 Å². The summed E-state index contributed by atoms with van der Waals surface area (Å²) in [6, 6.07) is 2.08. The fourth-order valence-corrected chi connectivity index (χ4v) is 3.30. The van der Waals surface area contributed by atoms with E-state index in [1.54, 1.807) is 18.4 Å². The van der Waals surface area contributed by atoms with Gasteiger partial charge in [0.05, 0.1) is 32.2 Å². The molecule has 0 saturated carbocycles. The Morgan fingerprint density at radius 1 is 1.53 bits per heavy atom. The lowest BCUT2D eigenvalue weighted by atomic mass is 9.97. The maximum absolute atomic E-state index is 9.06. The number of fused-ring (bicyclic) bond motifs is 3. The lowest BCUT2D eigenvalue weighted by Gasteiger charge is -2.13. The summed E-state index contributed by atoms with van der Waals surface area (Å²) in [6.45, 7) is 0.664. The average Bonchev–Trinajstić information content (AvgIpc) is 2.92. The molecule has 2 heterocycles. The zero-order chi connectivity index (χ0) is 11.8. The van der Waals surface area contributed by atoms with Crippen molar-refractivity contribution in [3.63, 3.8) is 0 Å². The van der Waals surface area contributed by atoms with Gasteiger partial charge in [-0.15, -0.1) is 11.3 Å². The first-order valence-corrected chi connectivity index (χ1v) is 6.47. The Balaban J connectivity index is 2.12. The van der Waals surface area contributed by atoms with Gasteiger partial charge in [0.1, 0.15) is 0 Å². The number of hydrogen-bond donors (Lipinski definition) is 1. The van der Waals surface area contributed by atoms with E-state index in [-0.39, 0.29) is 6.61 Å². The minimum absolute atomic E-state index is 0.116. The number of aliphatic hydroxyl groups is 1. The van der Waals surface area contributed by atoms with Gasteiger partial charge in [-0.1, -0.05) is 0 Å². The van der Waals surface area contributed by atoms with E-state index >= 15 is 0 Å². The lowest BCUT2D eigenvalue weighted by Crippen LogP contribution is -2.08. The van der Waals surface area contributed by atoms with Crippen molar-refractivity contribution in [2.75, 3.05) is 13.7 Å². The van der Waals surface area contributed by atoms with Gasteiger partial charge in [-0.3, -0.25) is 4.68 Å². The lowest BCUT2D eigenvalue weighted by molar-refractivity contribution is 0.270. The molecule has 90 valence electrons. The highest BCUT2D eigenvalue weighted by molar-refractivity contribution is 7.14. The third-order valence-corrected chi connectivity index (χ3v) is 4.25. The standard InChI is InChI=1S/C12H14N2O2S/c1-16-11-6-9-10(17-11)3-2-8-7-13-14(4-5-15)12(8)9/h6-7,15H,2-5H2,1H3. The minimum Gasteiger partial charge on any atom is -0.487 e. The van der Waals surface area contributed by atoms with Crippen molar-refractivity contribution >= 4 is 11.3 Å². The summed E-state index contributed by atoms with van der Waals surface area (Å²) in [4.78, 5) is 1.36. The highest BCUT2D eigenvalue weighted by Gasteiger charge is 2.23. The summed E-state index contributed by atoms with van der Waals surface area (Å²) in [5.74, 6) is 0. The molecule has 0 aromatic carbocycles. The third-order valence-electron chi connectivity index (χ3n) is 3.09. The molecule has 0 radical (unpaired) electrons. The van der Waals surface area contributed by atoms with E-state index in [9.17, 15) is 0 Å². The Hall–Kier alpha value is -1.33. The molecule has 0 amide bonds. The van der Waals surface area contributed by atoms with Gasteiger partial charge in [0.15, 0.2) is 5.06 Å². The smallest absolute Gasteiger partial charge is 0.174 e. The molecule has 1 aliphatic carbocycles. The molecule has 0 atom stereocenters. The molecule has 17 heavy (non-hydrogen) atoms. The Morgan fingerprint density at radius 2 is 2.41 bits per heavy atom. The predicted octanol–water partition coefficient (Wildman–Crippen LogP) is 1.71. The molecule has 5 heteroatoms. The second-order valence-electron chi connectivity index (χ2n) is 4.07. The number of ether oxygens (including phenoxy) is 1. The Bertz CT molecular complexity index is 545. The molecule has 0 spiro atoms. The summed E-state index contributed by atoms with van der Waals surface area (Å²) in [5, 5.41) is 14.3. The summed E-state index contributed by atoms with van der Waals surface area (Å²) in [6.07, 6.45) is 4.00. The molecular weight excluding hydrogens is 236 g/mol. The van der Waals surface area contributed by atoms with Gasteiger partial charge < -0.3 is 9.84 Å². The quantitative estimate of drug-likeness (QED) is 0.902. The van der Waals surface area contributed by atoms with Crippen LogP contribution in [0.2, 0.25) is 0 Å². The van der Waals surface area contributed by atoms with Crippen LogP contribution in [0.5, 0.6) is 5.06 Å². The van der Waals surface area contributed by atoms with Crippen LogP contribution in [0.4, 0.5) is 0 Å². The van der Waals surface area contributed by atoms with E-state index in [4.69, 9.17) is 9.84 Å². The van der Waals surface area contributed by atoms with Gasteiger partial charge >= 0.3 is 0 Å². The van der Waals surface area contributed by atoms with Crippen LogP contribution in [0.15, 0.2) is 12.3 Å². The summed E-state index contributed by atoms with van der Waals surface area (Å²) in [5.41, 5.74) is 3.64. The second kappa shape index (κ2) is 4.16. The molecule has 4 nitrogen and oxygen atoms in total. The number of aliphatic hydroxyl groups excluding tert-OH is 1. The first-order valence-electron chi connectivity index (χ1n) is 5.66. The molecule has 0 aliphatic heterocycles. The van der Waals surface area contributed by atoms with E-state index < -0.39 is 0 Å². The van der Waals surface area contributed by atoms with Crippen molar-refractivity contribution in [2.45, 2.75) is 19.4 Å². The molecular formula is C12H14N2O2S. The number of nitrogens with zero attached hydrogens (tertiary/aromatic N) is 2. The molecule has 0 unspecified atom stereocenters.